The summed E-state index contributed by atoms with van der Waals surface area (Å²) in [5.74, 6) is -0.0334. The standard InChI is InChI=1S/C14H15ClN4O.ClH/c15-11-3-1-2-10(8-11)13-9-16-6-7-19(13)14(20)12-4-5-17-18-12;/h1-5,8,13,16H,6-7,9H2,(H,17,18);1H. The molecule has 1 saturated heterocycles. The molecule has 0 aliphatic carbocycles. The molecule has 1 atom stereocenters. The van der Waals surface area contributed by atoms with Gasteiger partial charge in [-0.25, -0.2) is 0 Å². The Labute approximate surface area is 134 Å². The Morgan fingerprint density at radius 1 is 1.38 bits per heavy atom. The number of rotatable bonds is 2. The third kappa shape index (κ3) is 3.37. The van der Waals surface area contributed by atoms with Gasteiger partial charge in [0, 0.05) is 30.9 Å². The number of nitrogens with zero attached hydrogens (tertiary/aromatic N) is 2. The molecule has 2 aromatic rings. The van der Waals surface area contributed by atoms with Crippen molar-refractivity contribution < 1.29 is 4.79 Å². The van der Waals surface area contributed by atoms with Crippen molar-refractivity contribution in [2.45, 2.75) is 6.04 Å². The Kier molecular flexibility index (Phi) is 5.22. The molecule has 3 rings (SSSR count). The van der Waals surface area contributed by atoms with Gasteiger partial charge in [-0.05, 0) is 23.8 Å². The van der Waals surface area contributed by atoms with Crippen molar-refractivity contribution in [2.75, 3.05) is 19.6 Å². The van der Waals surface area contributed by atoms with Gasteiger partial charge in [0.15, 0.2) is 0 Å². The first-order valence-corrected chi connectivity index (χ1v) is 6.90. The number of aromatic amines is 1. The number of hydrogen-bond acceptors (Lipinski definition) is 3. The fourth-order valence-corrected chi connectivity index (χ4v) is 2.69. The van der Waals surface area contributed by atoms with Crippen molar-refractivity contribution in [2.24, 2.45) is 0 Å². The smallest absolute Gasteiger partial charge is 0.272 e. The Hall–Kier alpha value is -1.56. The quantitative estimate of drug-likeness (QED) is 0.890. The Morgan fingerprint density at radius 3 is 2.95 bits per heavy atom. The first kappa shape index (κ1) is 15.8. The Balaban J connectivity index is 0.00000161. The average molecular weight is 327 g/mol. The maximum absolute atomic E-state index is 12.5. The van der Waals surface area contributed by atoms with E-state index in [0.29, 0.717) is 17.3 Å². The lowest BCUT2D eigenvalue weighted by atomic mass is 10.0. The van der Waals surface area contributed by atoms with Crippen LogP contribution < -0.4 is 5.32 Å². The van der Waals surface area contributed by atoms with Gasteiger partial charge in [-0.3, -0.25) is 9.89 Å². The van der Waals surface area contributed by atoms with E-state index in [1.165, 1.54) is 0 Å². The van der Waals surface area contributed by atoms with E-state index in [1.807, 2.05) is 29.2 Å². The molecule has 2 heterocycles. The van der Waals surface area contributed by atoms with Crippen molar-refractivity contribution in [3.63, 3.8) is 0 Å². The second kappa shape index (κ2) is 6.93. The predicted molar refractivity (Wildman–Crippen MR) is 83.9 cm³/mol. The molecule has 1 aliphatic heterocycles. The molecular formula is C14H16Cl2N4O. The van der Waals surface area contributed by atoms with E-state index in [2.05, 4.69) is 15.5 Å². The molecule has 7 heteroatoms. The third-order valence-corrected chi connectivity index (χ3v) is 3.70. The molecule has 1 aliphatic rings. The van der Waals surface area contributed by atoms with Gasteiger partial charge in [0.25, 0.3) is 5.91 Å². The lowest BCUT2D eigenvalue weighted by Crippen LogP contribution is -2.48. The van der Waals surface area contributed by atoms with E-state index in [-0.39, 0.29) is 24.4 Å². The normalized spacial score (nSPS) is 18.1. The molecule has 0 radical (unpaired) electrons. The number of aromatic nitrogens is 2. The molecule has 1 unspecified atom stereocenters. The Morgan fingerprint density at radius 2 is 2.24 bits per heavy atom. The molecule has 112 valence electrons. The van der Waals surface area contributed by atoms with Crippen molar-refractivity contribution in [1.29, 1.82) is 0 Å². The zero-order valence-corrected chi connectivity index (χ0v) is 12.8. The third-order valence-electron chi connectivity index (χ3n) is 3.47. The number of carbonyl (C=O) groups is 1. The van der Waals surface area contributed by atoms with Crippen LogP contribution in [0, 0.1) is 0 Å². The highest BCUT2D eigenvalue weighted by Crippen LogP contribution is 2.25. The number of H-pyrrole nitrogens is 1. The number of carbonyl (C=O) groups excluding carboxylic acids is 1. The molecule has 21 heavy (non-hydrogen) atoms. The lowest BCUT2D eigenvalue weighted by molar-refractivity contribution is 0.0628. The summed E-state index contributed by atoms with van der Waals surface area (Å²) in [5, 5.41) is 10.6. The minimum atomic E-state index is -0.0334. The summed E-state index contributed by atoms with van der Waals surface area (Å²) in [6.07, 6.45) is 1.59. The van der Waals surface area contributed by atoms with E-state index in [9.17, 15) is 4.79 Å². The van der Waals surface area contributed by atoms with Gasteiger partial charge < -0.3 is 10.2 Å². The van der Waals surface area contributed by atoms with Gasteiger partial charge in [-0.1, -0.05) is 23.7 Å². The molecule has 0 spiro atoms. The Bertz CT molecular complexity index is 603. The maximum atomic E-state index is 12.5. The summed E-state index contributed by atoms with van der Waals surface area (Å²) in [6, 6.07) is 9.33. The van der Waals surface area contributed by atoms with Crippen LogP contribution in [0.3, 0.4) is 0 Å². The number of benzene rings is 1. The number of halogens is 2. The van der Waals surface area contributed by atoms with Crippen LogP contribution in [0.15, 0.2) is 36.5 Å². The van der Waals surface area contributed by atoms with E-state index >= 15 is 0 Å². The van der Waals surface area contributed by atoms with Crippen LogP contribution >= 0.6 is 24.0 Å². The largest absolute Gasteiger partial charge is 0.328 e. The van der Waals surface area contributed by atoms with E-state index in [4.69, 9.17) is 11.6 Å². The number of piperazine rings is 1. The molecule has 0 saturated carbocycles. The topological polar surface area (TPSA) is 61.0 Å². The highest BCUT2D eigenvalue weighted by atomic mass is 35.5. The van der Waals surface area contributed by atoms with Crippen molar-refractivity contribution in [1.82, 2.24) is 20.4 Å². The molecule has 0 bridgehead atoms. The van der Waals surface area contributed by atoms with Crippen LogP contribution in [0.2, 0.25) is 5.02 Å². The van der Waals surface area contributed by atoms with E-state index in [0.717, 1.165) is 18.7 Å². The number of nitrogens with one attached hydrogen (secondary N) is 2. The summed E-state index contributed by atoms with van der Waals surface area (Å²) < 4.78 is 0. The van der Waals surface area contributed by atoms with Crippen molar-refractivity contribution in [3.05, 3.63) is 52.8 Å². The maximum Gasteiger partial charge on any atom is 0.272 e. The molecule has 5 nitrogen and oxygen atoms in total. The lowest BCUT2D eigenvalue weighted by Gasteiger charge is -2.36. The van der Waals surface area contributed by atoms with Gasteiger partial charge in [-0.15, -0.1) is 12.4 Å². The molecule has 1 aromatic heterocycles. The van der Waals surface area contributed by atoms with Crippen LogP contribution in [-0.4, -0.2) is 40.6 Å². The van der Waals surface area contributed by atoms with Crippen LogP contribution in [0.1, 0.15) is 22.1 Å². The van der Waals surface area contributed by atoms with Crippen LogP contribution in [0.5, 0.6) is 0 Å². The molecule has 1 fully saturated rings. The SMILES string of the molecule is Cl.O=C(c1ccn[nH]1)N1CCNCC1c1cccc(Cl)c1. The second-order valence-electron chi connectivity index (χ2n) is 4.74. The number of hydrogen-bond donors (Lipinski definition) is 2. The van der Waals surface area contributed by atoms with Crippen LogP contribution in [-0.2, 0) is 0 Å². The van der Waals surface area contributed by atoms with E-state index in [1.54, 1.807) is 12.3 Å². The van der Waals surface area contributed by atoms with Crippen LogP contribution in [0.25, 0.3) is 0 Å². The molecule has 2 N–H and O–H groups in total. The average Bonchev–Trinajstić information content (AvgIpc) is 3.01. The van der Waals surface area contributed by atoms with Gasteiger partial charge in [-0.2, -0.15) is 5.10 Å². The molecular weight excluding hydrogens is 311 g/mol. The summed E-state index contributed by atoms with van der Waals surface area (Å²) in [7, 11) is 0. The summed E-state index contributed by atoms with van der Waals surface area (Å²) in [4.78, 5) is 14.4. The van der Waals surface area contributed by atoms with Crippen molar-refractivity contribution in [3.8, 4) is 0 Å². The number of amides is 1. The highest BCUT2D eigenvalue weighted by molar-refractivity contribution is 6.30. The van der Waals surface area contributed by atoms with Gasteiger partial charge in [0.05, 0.1) is 6.04 Å². The molecule has 1 amide bonds. The predicted octanol–water partition coefficient (Wildman–Crippen LogP) is 2.27. The zero-order valence-electron chi connectivity index (χ0n) is 11.3. The van der Waals surface area contributed by atoms with Gasteiger partial charge in [0.2, 0.25) is 0 Å². The minimum Gasteiger partial charge on any atom is -0.328 e. The zero-order chi connectivity index (χ0) is 13.9. The van der Waals surface area contributed by atoms with Gasteiger partial charge in [0.1, 0.15) is 5.69 Å². The summed E-state index contributed by atoms with van der Waals surface area (Å²) in [6.45, 7) is 2.17. The van der Waals surface area contributed by atoms with Gasteiger partial charge >= 0.3 is 0 Å². The second-order valence-corrected chi connectivity index (χ2v) is 5.18. The first-order chi connectivity index (χ1) is 9.75. The van der Waals surface area contributed by atoms with E-state index < -0.39 is 0 Å². The van der Waals surface area contributed by atoms with Crippen molar-refractivity contribution >= 4 is 29.9 Å². The van der Waals surface area contributed by atoms with Crippen LogP contribution in [0.4, 0.5) is 0 Å². The highest BCUT2D eigenvalue weighted by Gasteiger charge is 2.29. The minimum absolute atomic E-state index is 0. The molecule has 1 aromatic carbocycles. The summed E-state index contributed by atoms with van der Waals surface area (Å²) in [5.41, 5.74) is 1.55. The summed E-state index contributed by atoms with van der Waals surface area (Å²) >= 11 is 6.05. The first-order valence-electron chi connectivity index (χ1n) is 6.52. The fourth-order valence-electron chi connectivity index (χ4n) is 2.49. The fraction of sp³-hybridized carbons (Fsp3) is 0.286. The monoisotopic (exact) mass is 326 g/mol.